The minimum atomic E-state index is -4.17. The van der Waals surface area contributed by atoms with Crippen LogP contribution in [0.15, 0.2) is 18.5 Å². The van der Waals surface area contributed by atoms with Gasteiger partial charge in [0, 0.05) is 6.42 Å². The molecular weight excluding hydrogens is 535 g/mol. The highest BCUT2D eigenvalue weighted by Crippen LogP contribution is 2.61. The lowest BCUT2D eigenvalue weighted by molar-refractivity contribution is -0.145. The first kappa shape index (κ1) is 29.3. The summed E-state index contributed by atoms with van der Waals surface area (Å²) < 4.78 is 37.6. The normalized spacial score (nSPS) is 29.9. The molecule has 39 heavy (non-hydrogen) atoms. The Hall–Kier alpha value is -2.65. The first-order valence-electron chi connectivity index (χ1n) is 12.6. The van der Waals surface area contributed by atoms with Gasteiger partial charge in [-0.25, -0.2) is 19.7 Å². The SMILES string of the molecule is CCOC(=O)[C@H](C)NP(=O)(N[C@@H](C)C(=O)OCC)OC1CC12O[C@@](C)(c1ccc3c(N)ncnn13)[C@H](O)[C@@H]2O. The van der Waals surface area contributed by atoms with E-state index in [-0.39, 0.29) is 25.5 Å². The zero-order valence-corrected chi connectivity index (χ0v) is 23.3. The average Bonchev–Trinajstić information content (AvgIpc) is 3.26. The van der Waals surface area contributed by atoms with Gasteiger partial charge < -0.3 is 30.2 Å². The van der Waals surface area contributed by atoms with Crippen molar-refractivity contribution in [2.45, 2.75) is 82.6 Å². The molecule has 2 unspecified atom stereocenters. The van der Waals surface area contributed by atoms with E-state index in [2.05, 4.69) is 20.3 Å². The van der Waals surface area contributed by atoms with Gasteiger partial charge in [-0.2, -0.15) is 5.10 Å². The van der Waals surface area contributed by atoms with E-state index in [9.17, 15) is 24.4 Å². The number of rotatable bonds is 11. The standard InChI is InChI=1S/C23H35N6O9P/c1-6-35-20(32)12(3)27-39(34,28-13(4)21(33)36-7-2)37-16-10-23(16)18(31)17(30)22(5,38-23)15-9-8-14-19(24)25-11-26-29(14)15/h8-9,11-13,16-18,30-31H,6-7,10H2,1-5H3,(H2,24,25,26)(H2,27,28,34)/t12-,13-,16?,17+,18-,22-,23?/m0/s1. The number of nitrogen functional groups attached to an aromatic ring is 1. The lowest BCUT2D eigenvalue weighted by Crippen LogP contribution is -2.43. The largest absolute Gasteiger partial charge is 0.465 e. The van der Waals surface area contributed by atoms with Gasteiger partial charge in [0.25, 0.3) is 0 Å². The summed E-state index contributed by atoms with van der Waals surface area (Å²) in [5, 5.41) is 31.6. The number of ether oxygens (including phenoxy) is 3. The lowest BCUT2D eigenvalue weighted by Gasteiger charge is -2.28. The van der Waals surface area contributed by atoms with Crippen molar-refractivity contribution in [2.24, 2.45) is 0 Å². The maximum atomic E-state index is 13.9. The van der Waals surface area contributed by atoms with Crippen molar-refractivity contribution < 1.29 is 43.1 Å². The third kappa shape index (κ3) is 5.27. The summed E-state index contributed by atoms with van der Waals surface area (Å²) in [6, 6.07) is 1.17. The number of esters is 2. The number of anilines is 1. The predicted octanol–water partition coefficient (Wildman–Crippen LogP) is -0.00310. The quantitative estimate of drug-likeness (QED) is 0.178. The van der Waals surface area contributed by atoms with Crippen molar-refractivity contribution in [3.05, 3.63) is 24.2 Å². The molecule has 6 N–H and O–H groups in total. The summed E-state index contributed by atoms with van der Waals surface area (Å²) in [7, 11) is -4.17. The number of aromatic nitrogens is 3. The summed E-state index contributed by atoms with van der Waals surface area (Å²) in [4.78, 5) is 28.4. The molecular formula is C23H35N6O9P. The minimum absolute atomic E-state index is 0.0656. The van der Waals surface area contributed by atoms with Crippen LogP contribution < -0.4 is 15.9 Å². The topological polar surface area (TPSA) is 209 Å². The second-order valence-corrected chi connectivity index (χ2v) is 11.6. The van der Waals surface area contributed by atoms with Crippen molar-refractivity contribution in [3.8, 4) is 0 Å². The van der Waals surface area contributed by atoms with E-state index < -0.39 is 61.2 Å². The van der Waals surface area contributed by atoms with Crippen LogP contribution in [0.5, 0.6) is 0 Å². The van der Waals surface area contributed by atoms with Gasteiger partial charge in [-0.15, -0.1) is 0 Å². The number of carbonyl (C=O) groups excluding carboxylic acids is 2. The Bertz CT molecular complexity index is 1260. The number of aliphatic hydroxyl groups excluding tert-OH is 2. The summed E-state index contributed by atoms with van der Waals surface area (Å²) in [6.07, 6.45) is -2.51. The number of carbonyl (C=O) groups is 2. The van der Waals surface area contributed by atoms with Gasteiger partial charge in [0.05, 0.1) is 18.9 Å². The summed E-state index contributed by atoms with van der Waals surface area (Å²) in [6.45, 7) is 7.93. The number of nitrogens with one attached hydrogen (secondary N) is 2. The molecule has 1 spiro atoms. The van der Waals surface area contributed by atoms with Crippen LogP contribution in [0.1, 0.15) is 46.7 Å². The molecule has 1 aliphatic heterocycles. The fraction of sp³-hybridized carbons (Fsp3) is 0.652. The molecule has 4 rings (SSSR count). The Morgan fingerprint density at radius 3 is 2.33 bits per heavy atom. The van der Waals surface area contributed by atoms with E-state index in [4.69, 9.17) is 24.5 Å². The van der Waals surface area contributed by atoms with Crippen LogP contribution in [0.3, 0.4) is 0 Å². The molecule has 0 amide bonds. The Labute approximate surface area is 224 Å². The molecule has 0 radical (unpaired) electrons. The molecule has 3 heterocycles. The zero-order valence-electron chi connectivity index (χ0n) is 22.4. The van der Waals surface area contributed by atoms with Crippen molar-refractivity contribution >= 4 is 30.9 Å². The first-order chi connectivity index (χ1) is 18.3. The zero-order chi connectivity index (χ0) is 28.8. The molecule has 0 aromatic carbocycles. The predicted molar refractivity (Wildman–Crippen MR) is 136 cm³/mol. The fourth-order valence-corrected chi connectivity index (χ4v) is 6.86. The van der Waals surface area contributed by atoms with Crippen LogP contribution in [-0.4, -0.2) is 86.0 Å². The van der Waals surface area contributed by atoms with Gasteiger partial charge in [-0.3, -0.25) is 18.7 Å². The monoisotopic (exact) mass is 570 g/mol. The Morgan fingerprint density at radius 2 is 1.77 bits per heavy atom. The number of hydrogen-bond donors (Lipinski definition) is 5. The van der Waals surface area contributed by atoms with Gasteiger partial charge in [-0.1, -0.05) is 0 Å². The minimum Gasteiger partial charge on any atom is -0.465 e. The van der Waals surface area contributed by atoms with Gasteiger partial charge in [-0.05, 0) is 46.8 Å². The first-order valence-corrected chi connectivity index (χ1v) is 14.3. The molecule has 7 atom stereocenters. The van der Waals surface area contributed by atoms with E-state index in [1.807, 2.05) is 0 Å². The Balaban J connectivity index is 1.58. The Kier molecular flexibility index (Phi) is 8.07. The second-order valence-electron chi connectivity index (χ2n) is 9.77. The fourth-order valence-electron chi connectivity index (χ4n) is 4.82. The molecule has 2 aromatic heterocycles. The number of nitrogens with two attached hydrogens (primary N) is 1. The van der Waals surface area contributed by atoms with Gasteiger partial charge in [0.2, 0.25) is 0 Å². The van der Waals surface area contributed by atoms with Crippen molar-refractivity contribution in [3.63, 3.8) is 0 Å². The van der Waals surface area contributed by atoms with Crippen molar-refractivity contribution in [2.75, 3.05) is 18.9 Å². The smallest absolute Gasteiger partial charge is 0.342 e. The highest BCUT2D eigenvalue weighted by Gasteiger charge is 2.74. The second kappa shape index (κ2) is 10.7. The van der Waals surface area contributed by atoms with E-state index in [0.29, 0.717) is 11.2 Å². The number of hydrogen-bond acceptors (Lipinski definition) is 12. The van der Waals surface area contributed by atoms with E-state index >= 15 is 0 Å². The molecule has 16 heteroatoms. The van der Waals surface area contributed by atoms with Crippen LogP contribution in [0, 0.1) is 0 Å². The average molecular weight is 571 g/mol. The van der Waals surface area contributed by atoms with Crippen LogP contribution in [0.4, 0.5) is 5.82 Å². The third-order valence-electron chi connectivity index (χ3n) is 6.93. The van der Waals surface area contributed by atoms with E-state index in [0.717, 1.165) is 0 Å². The molecule has 15 nitrogen and oxygen atoms in total. The number of nitrogens with zero attached hydrogens (tertiary/aromatic N) is 3. The third-order valence-corrected chi connectivity index (χ3v) is 8.93. The highest BCUT2D eigenvalue weighted by atomic mass is 31.2. The van der Waals surface area contributed by atoms with Gasteiger partial charge in [0.15, 0.2) is 5.82 Å². The van der Waals surface area contributed by atoms with Crippen LogP contribution in [0.2, 0.25) is 0 Å². The van der Waals surface area contributed by atoms with Crippen LogP contribution in [-0.2, 0) is 38.5 Å². The molecule has 0 bridgehead atoms. The summed E-state index contributed by atoms with van der Waals surface area (Å²) >= 11 is 0. The lowest BCUT2D eigenvalue weighted by atomic mass is 9.93. The van der Waals surface area contributed by atoms with E-state index in [1.54, 1.807) is 32.9 Å². The molecule has 1 saturated heterocycles. The summed E-state index contributed by atoms with van der Waals surface area (Å²) in [5.74, 6) is -1.14. The van der Waals surface area contributed by atoms with Crippen molar-refractivity contribution in [1.82, 2.24) is 24.8 Å². The molecule has 2 fully saturated rings. The van der Waals surface area contributed by atoms with Crippen LogP contribution >= 0.6 is 7.67 Å². The number of aliphatic hydroxyl groups is 2. The maximum absolute atomic E-state index is 13.9. The molecule has 1 aliphatic carbocycles. The highest BCUT2D eigenvalue weighted by molar-refractivity contribution is 7.54. The summed E-state index contributed by atoms with van der Waals surface area (Å²) in [5.41, 5.74) is 3.95. The van der Waals surface area contributed by atoms with E-state index in [1.165, 1.54) is 24.7 Å². The molecule has 216 valence electrons. The van der Waals surface area contributed by atoms with Crippen LogP contribution in [0.25, 0.3) is 5.52 Å². The number of fused-ring (bicyclic) bond motifs is 1. The molecule has 2 aliphatic rings. The van der Waals surface area contributed by atoms with Gasteiger partial charge >= 0.3 is 19.6 Å². The maximum Gasteiger partial charge on any atom is 0.342 e. The van der Waals surface area contributed by atoms with Crippen molar-refractivity contribution in [1.29, 1.82) is 0 Å². The molecule has 2 aromatic rings. The Morgan fingerprint density at radius 1 is 1.18 bits per heavy atom. The molecule has 1 saturated carbocycles. The van der Waals surface area contributed by atoms with Gasteiger partial charge in [0.1, 0.15) is 53.4 Å².